The van der Waals surface area contributed by atoms with Crippen molar-refractivity contribution in [1.82, 2.24) is 20.2 Å². The quantitative estimate of drug-likeness (QED) is 0.585. The van der Waals surface area contributed by atoms with Gasteiger partial charge in [0.25, 0.3) is 0 Å². The average Bonchev–Trinajstić information content (AvgIpc) is 2.74. The lowest BCUT2D eigenvalue weighted by Crippen LogP contribution is -1.84. The number of rotatable bonds is 1. The summed E-state index contributed by atoms with van der Waals surface area (Å²) in [4.78, 5) is 7.30. The number of nitrogens with one attached hydrogen (secondary N) is 1. The van der Waals surface area contributed by atoms with Gasteiger partial charge in [0.15, 0.2) is 0 Å². The molecule has 0 unspecified atom stereocenters. The van der Waals surface area contributed by atoms with Crippen molar-refractivity contribution in [3.05, 3.63) is 30.3 Å². The van der Waals surface area contributed by atoms with Crippen LogP contribution in [0, 0.1) is 0 Å². The molecule has 2 aromatic heterocycles. The van der Waals surface area contributed by atoms with Gasteiger partial charge in [0.1, 0.15) is 16.7 Å². The lowest BCUT2D eigenvalue weighted by molar-refractivity contribution is 0.403. The van der Waals surface area contributed by atoms with Crippen LogP contribution in [0.4, 0.5) is 0 Å². The maximum absolute atomic E-state index is 9.53. The van der Waals surface area contributed by atoms with E-state index in [1.807, 2.05) is 30.3 Å². The Morgan fingerprint density at radius 3 is 2.53 bits per heavy atom. The summed E-state index contributed by atoms with van der Waals surface area (Å²) in [6, 6.07) is 8.89. The largest absolute Gasteiger partial charge is 0.492 e. The first-order valence-electron chi connectivity index (χ1n) is 4.95. The van der Waals surface area contributed by atoms with E-state index in [1.54, 1.807) is 0 Å². The highest BCUT2D eigenvalue weighted by Crippen LogP contribution is 2.29. The minimum Gasteiger partial charge on any atom is -0.492 e. The highest BCUT2D eigenvalue weighted by atomic mass is 16.3. The summed E-state index contributed by atoms with van der Waals surface area (Å²) >= 11 is 0. The SMILES string of the molecule is Oc1nc(O)c2[nH]nc(-c3ccccc3)c2n1. The van der Waals surface area contributed by atoms with Gasteiger partial charge in [-0.3, -0.25) is 5.10 Å². The number of nitrogens with zero attached hydrogens (tertiary/aromatic N) is 3. The van der Waals surface area contributed by atoms with Gasteiger partial charge >= 0.3 is 6.01 Å². The van der Waals surface area contributed by atoms with Crippen LogP contribution >= 0.6 is 0 Å². The van der Waals surface area contributed by atoms with Crippen LogP contribution in [0.15, 0.2) is 30.3 Å². The molecule has 3 N–H and O–H groups in total. The predicted octanol–water partition coefficient (Wildman–Crippen LogP) is 1.43. The van der Waals surface area contributed by atoms with Crippen molar-refractivity contribution < 1.29 is 10.2 Å². The minimum absolute atomic E-state index is 0.307. The summed E-state index contributed by atoms with van der Waals surface area (Å²) in [5.41, 5.74) is 2.10. The fourth-order valence-corrected chi connectivity index (χ4v) is 1.67. The van der Waals surface area contributed by atoms with Crippen LogP contribution in [-0.2, 0) is 0 Å². The van der Waals surface area contributed by atoms with Crippen LogP contribution in [0.5, 0.6) is 11.9 Å². The summed E-state index contributed by atoms with van der Waals surface area (Å²) in [6.45, 7) is 0. The fourth-order valence-electron chi connectivity index (χ4n) is 1.67. The molecule has 2 heterocycles. The Morgan fingerprint density at radius 1 is 1.00 bits per heavy atom. The number of aromatic amines is 1. The molecule has 0 atom stereocenters. The first-order chi connectivity index (χ1) is 8.25. The molecular weight excluding hydrogens is 220 g/mol. The molecule has 0 radical (unpaired) electrons. The number of hydrogen-bond donors (Lipinski definition) is 3. The molecule has 0 aliphatic rings. The van der Waals surface area contributed by atoms with Crippen molar-refractivity contribution in [3.8, 4) is 23.1 Å². The minimum atomic E-state index is -0.478. The van der Waals surface area contributed by atoms with Crippen LogP contribution in [0.25, 0.3) is 22.3 Å². The Hall–Kier alpha value is -2.63. The van der Waals surface area contributed by atoms with E-state index >= 15 is 0 Å². The van der Waals surface area contributed by atoms with E-state index in [4.69, 9.17) is 0 Å². The van der Waals surface area contributed by atoms with Gasteiger partial charge in [-0.05, 0) is 0 Å². The molecule has 0 bridgehead atoms. The van der Waals surface area contributed by atoms with Gasteiger partial charge in [0.05, 0.1) is 0 Å². The van der Waals surface area contributed by atoms with Gasteiger partial charge in [-0.15, -0.1) is 0 Å². The van der Waals surface area contributed by atoms with Gasteiger partial charge in [0, 0.05) is 5.56 Å². The third-order valence-corrected chi connectivity index (χ3v) is 2.43. The van der Waals surface area contributed by atoms with Crippen molar-refractivity contribution in [2.24, 2.45) is 0 Å². The molecule has 3 rings (SSSR count). The Kier molecular flexibility index (Phi) is 1.94. The summed E-state index contributed by atoms with van der Waals surface area (Å²) in [5.74, 6) is -0.317. The van der Waals surface area contributed by atoms with Crippen LogP contribution in [0.3, 0.4) is 0 Å². The van der Waals surface area contributed by atoms with Gasteiger partial charge < -0.3 is 10.2 Å². The number of fused-ring (bicyclic) bond motifs is 1. The third-order valence-electron chi connectivity index (χ3n) is 2.43. The van der Waals surface area contributed by atoms with E-state index < -0.39 is 6.01 Å². The number of H-pyrrole nitrogens is 1. The lowest BCUT2D eigenvalue weighted by atomic mass is 10.1. The fraction of sp³-hybridized carbons (Fsp3) is 0. The second-order valence-corrected chi connectivity index (χ2v) is 3.51. The lowest BCUT2D eigenvalue weighted by Gasteiger charge is -1.97. The van der Waals surface area contributed by atoms with E-state index in [1.165, 1.54) is 0 Å². The summed E-state index contributed by atoms with van der Waals surface area (Å²) in [7, 11) is 0. The molecule has 3 aromatic rings. The first-order valence-corrected chi connectivity index (χ1v) is 4.95. The number of aromatic hydroxyl groups is 2. The van der Waals surface area contributed by atoms with Crippen LogP contribution in [0.2, 0.25) is 0 Å². The van der Waals surface area contributed by atoms with Gasteiger partial charge in [-0.2, -0.15) is 15.1 Å². The van der Waals surface area contributed by atoms with E-state index in [0.29, 0.717) is 16.7 Å². The molecular formula is C11H8N4O2. The van der Waals surface area contributed by atoms with Crippen molar-refractivity contribution in [3.63, 3.8) is 0 Å². The molecule has 0 saturated carbocycles. The predicted molar refractivity (Wildman–Crippen MR) is 60.4 cm³/mol. The second kappa shape index (κ2) is 3.44. The van der Waals surface area contributed by atoms with Gasteiger partial charge in [-0.25, -0.2) is 0 Å². The van der Waals surface area contributed by atoms with Crippen molar-refractivity contribution in [1.29, 1.82) is 0 Å². The van der Waals surface area contributed by atoms with E-state index in [2.05, 4.69) is 20.2 Å². The maximum Gasteiger partial charge on any atom is 0.317 e. The molecule has 0 spiro atoms. The average molecular weight is 228 g/mol. The molecule has 0 fully saturated rings. The van der Waals surface area contributed by atoms with E-state index in [-0.39, 0.29) is 5.88 Å². The van der Waals surface area contributed by atoms with E-state index in [9.17, 15) is 10.2 Å². The third kappa shape index (κ3) is 1.46. The second-order valence-electron chi connectivity index (χ2n) is 3.51. The molecule has 0 amide bonds. The zero-order valence-electron chi connectivity index (χ0n) is 8.62. The normalized spacial score (nSPS) is 10.8. The van der Waals surface area contributed by atoms with Crippen LogP contribution < -0.4 is 0 Å². The first kappa shape index (κ1) is 9.59. The highest BCUT2D eigenvalue weighted by Gasteiger charge is 2.14. The number of benzene rings is 1. The Morgan fingerprint density at radius 2 is 1.76 bits per heavy atom. The molecule has 0 aliphatic heterocycles. The standard InChI is InChI=1S/C11H8N4O2/c16-10-9-8(12-11(17)13-10)7(14-15-9)6-4-2-1-3-5-6/h1-5H,(H,14,15)(H2,12,13,16,17). The Labute approximate surface area is 95.6 Å². The zero-order chi connectivity index (χ0) is 11.8. The highest BCUT2D eigenvalue weighted by molar-refractivity contribution is 5.92. The van der Waals surface area contributed by atoms with Crippen molar-refractivity contribution in [2.45, 2.75) is 0 Å². The smallest absolute Gasteiger partial charge is 0.317 e. The number of hydrogen-bond acceptors (Lipinski definition) is 5. The Balaban J connectivity index is 2.32. The molecule has 6 heteroatoms. The molecule has 0 saturated heterocycles. The summed E-state index contributed by atoms with van der Waals surface area (Å²) in [6.07, 6.45) is 0. The van der Waals surface area contributed by atoms with Gasteiger partial charge in [-0.1, -0.05) is 30.3 Å². The van der Waals surface area contributed by atoms with Crippen LogP contribution in [0.1, 0.15) is 0 Å². The maximum atomic E-state index is 9.53. The summed E-state index contributed by atoms with van der Waals surface area (Å²) in [5, 5.41) is 25.5. The molecule has 0 aliphatic carbocycles. The van der Waals surface area contributed by atoms with Crippen molar-refractivity contribution >= 4 is 11.0 Å². The molecule has 17 heavy (non-hydrogen) atoms. The topological polar surface area (TPSA) is 94.9 Å². The molecule has 1 aromatic carbocycles. The van der Waals surface area contributed by atoms with Crippen LogP contribution in [-0.4, -0.2) is 30.4 Å². The van der Waals surface area contributed by atoms with E-state index in [0.717, 1.165) is 5.56 Å². The number of aromatic nitrogens is 4. The van der Waals surface area contributed by atoms with Gasteiger partial charge in [0.2, 0.25) is 5.88 Å². The Bertz CT molecular complexity index is 679. The molecule has 6 nitrogen and oxygen atoms in total. The zero-order valence-corrected chi connectivity index (χ0v) is 8.62. The monoisotopic (exact) mass is 228 g/mol. The summed E-state index contributed by atoms with van der Waals surface area (Å²) < 4.78 is 0. The molecule has 84 valence electrons. The van der Waals surface area contributed by atoms with Crippen molar-refractivity contribution in [2.75, 3.05) is 0 Å².